The summed E-state index contributed by atoms with van der Waals surface area (Å²) in [4.78, 5) is 29.2. The number of carbonyl (C=O) groups excluding carboxylic acids is 2. The number of carbonyl (C=O) groups is 2. The molecule has 0 saturated carbocycles. The first kappa shape index (κ1) is 13.7. The van der Waals surface area contributed by atoms with Gasteiger partial charge in [0.05, 0.1) is 20.3 Å². The summed E-state index contributed by atoms with van der Waals surface area (Å²) in [7, 11) is 2.49. The number of ether oxygens (including phenoxy) is 4. The zero-order valence-electron chi connectivity index (χ0n) is 9.91. The molecule has 8 nitrogen and oxygen atoms in total. The van der Waals surface area contributed by atoms with Crippen molar-refractivity contribution in [3.8, 4) is 11.8 Å². The lowest BCUT2D eigenvalue weighted by molar-refractivity contribution is -0.143. The predicted octanol–water partition coefficient (Wildman–Crippen LogP) is -0.420. The molecule has 1 aromatic rings. The van der Waals surface area contributed by atoms with Gasteiger partial charge in [0.1, 0.15) is 6.33 Å². The SMILES string of the molecule is COC(=O)COc1cc(OCC(=O)OC)ncn1. The molecule has 0 aromatic carbocycles. The van der Waals surface area contributed by atoms with E-state index in [1.165, 1.54) is 26.6 Å². The maximum Gasteiger partial charge on any atom is 0.343 e. The summed E-state index contributed by atoms with van der Waals surface area (Å²) in [5.74, 6) is -0.804. The number of hydrogen-bond acceptors (Lipinski definition) is 8. The molecule has 0 aliphatic heterocycles. The molecular formula is C10H12N2O6. The first-order chi connectivity index (χ1) is 8.65. The minimum Gasteiger partial charge on any atom is -0.466 e. The van der Waals surface area contributed by atoms with Gasteiger partial charge in [-0.2, -0.15) is 0 Å². The molecule has 0 aliphatic rings. The smallest absolute Gasteiger partial charge is 0.343 e. The summed E-state index contributed by atoms with van der Waals surface area (Å²) >= 11 is 0. The summed E-state index contributed by atoms with van der Waals surface area (Å²) < 4.78 is 18.8. The molecule has 0 N–H and O–H groups in total. The molecule has 1 heterocycles. The fraction of sp³-hybridized carbons (Fsp3) is 0.400. The highest BCUT2D eigenvalue weighted by Crippen LogP contribution is 2.12. The van der Waals surface area contributed by atoms with E-state index in [1.807, 2.05) is 0 Å². The highest BCUT2D eigenvalue weighted by atomic mass is 16.6. The number of aromatic nitrogens is 2. The van der Waals surface area contributed by atoms with E-state index in [4.69, 9.17) is 9.47 Å². The predicted molar refractivity (Wildman–Crippen MR) is 57.1 cm³/mol. The van der Waals surface area contributed by atoms with E-state index in [0.29, 0.717) is 0 Å². The quantitative estimate of drug-likeness (QED) is 0.633. The van der Waals surface area contributed by atoms with Gasteiger partial charge in [0, 0.05) is 0 Å². The molecule has 0 aliphatic carbocycles. The molecule has 0 radical (unpaired) electrons. The monoisotopic (exact) mass is 256 g/mol. The minimum absolute atomic E-state index is 0.135. The number of rotatable bonds is 6. The van der Waals surface area contributed by atoms with Gasteiger partial charge in [-0.25, -0.2) is 19.6 Å². The Kier molecular flexibility index (Phi) is 5.36. The molecule has 0 saturated heterocycles. The van der Waals surface area contributed by atoms with Gasteiger partial charge in [-0.3, -0.25) is 0 Å². The Hall–Kier alpha value is -2.38. The van der Waals surface area contributed by atoms with Crippen molar-refractivity contribution in [3.05, 3.63) is 12.4 Å². The largest absolute Gasteiger partial charge is 0.466 e. The van der Waals surface area contributed by atoms with Crippen molar-refractivity contribution in [3.63, 3.8) is 0 Å². The standard InChI is InChI=1S/C10H12N2O6/c1-15-9(13)4-17-7-3-8(12-6-11-7)18-5-10(14)16-2/h3,6H,4-5H2,1-2H3. The Morgan fingerprint density at radius 3 is 1.83 bits per heavy atom. The average molecular weight is 256 g/mol. The highest BCUT2D eigenvalue weighted by Gasteiger charge is 2.07. The van der Waals surface area contributed by atoms with Gasteiger partial charge in [-0.15, -0.1) is 0 Å². The molecule has 0 fully saturated rings. The van der Waals surface area contributed by atoms with Gasteiger partial charge in [0.25, 0.3) is 0 Å². The van der Waals surface area contributed by atoms with Gasteiger partial charge >= 0.3 is 11.9 Å². The fourth-order valence-electron chi connectivity index (χ4n) is 0.864. The lowest BCUT2D eigenvalue weighted by Crippen LogP contribution is -2.14. The van der Waals surface area contributed by atoms with Crippen molar-refractivity contribution in [1.82, 2.24) is 9.97 Å². The third-order valence-corrected chi connectivity index (χ3v) is 1.75. The van der Waals surface area contributed by atoms with Crippen LogP contribution in [0.2, 0.25) is 0 Å². The molecule has 0 unspecified atom stereocenters. The van der Waals surface area contributed by atoms with Crippen LogP contribution in [0, 0.1) is 0 Å². The molecule has 0 bridgehead atoms. The molecule has 0 spiro atoms. The summed E-state index contributed by atoms with van der Waals surface area (Å²) in [6.07, 6.45) is 1.18. The second kappa shape index (κ2) is 7.05. The lowest BCUT2D eigenvalue weighted by Gasteiger charge is -2.06. The molecule has 0 atom stereocenters. The van der Waals surface area contributed by atoms with E-state index in [2.05, 4.69) is 19.4 Å². The molecule has 0 amide bonds. The summed E-state index contributed by atoms with van der Waals surface area (Å²) in [6, 6.07) is 1.34. The maximum atomic E-state index is 10.8. The van der Waals surface area contributed by atoms with E-state index >= 15 is 0 Å². The fourth-order valence-corrected chi connectivity index (χ4v) is 0.864. The van der Waals surface area contributed by atoms with Crippen molar-refractivity contribution in [1.29, 1.82) is 0 Å². The maximum absolute atomic E-state index is 10.8. The number of hydrogen-bond donors (Lipinski definition) is 0. The van der Waals surface area contributed by atoms with Crippen LogP contribution in [0.25, 0.3) is 0 Å². The van der Waals surface area contributed by atoms with Crippen LogP contribution in [0.1, 0.15) is 0 Å². The Bertz CT molecular complexity index is 387. The first-order valence-corrected chi connectivity index (χ1v) is 4.87. The van der Waals surface area contributed by atoms with Crippen LogP contribution in [0.5, 0.6) is 11.8 Å². The van der Waals surface area contributed by atoms with Crippen LogP contribution in [-0.4, -0.2) is 49.3 Å². The zero-order chi connectivity index (χ0) is 13.4. The van der Waals surface area contributed by atoms with Crippen LogP contribution in [-0.2, 0) is 19.1 Å². The van der Waals surface area contributed by atoms with Crippen molar-refractivity contribution in [2.45, 2.75) is 0 Å². The second-order valence-electron chi connectivity index (χ2n) is 2.92. The van der Waals surface area contributed by atoms with Gasteiger partial charge in [-0.05, 0) is 0 Å². The minimum atomic E-state index is -0.536. The lowest BCUT2D eigenvalue weighted by atomic mass is 10.6. The Balaban J connectivity index is 2.51. The Labute approximate surface area is 103 Å². The molecule has 1 aromatic heterocycles. The van der Waals surface area contributed by atoms with Gasteiger partial charge in [0.15, 0.2) is 13.2 Å². The van der Waals surface area contributed by atoms with Gasteiger partial charge in [-0.1, -0.05) is 0 Å². The molecule has 18 heavy (non-hydrogen) atoms. The topological polar surface area (TPSA) is 96.8 Å². The number of nitrogens with zero attached hydrogens (tertiary/aromatic N) is 2. The van der Waals surface area contributed by atoms with Crippen LogP contribution in [0.15, 0.2) is 12.4 Å². The third-order valence-electron chi connectivity index (χ3n) is 1.75. The second-order valence-corrected chi connectivity index (χ2v) is 2.92. The van der Waals surface area contributed by atoms with E-state index in [-0.39, 0.29) is 25.0 Å². The van der Waals surface area contributed by atoms with Crippen LogP contribution in [0.3, 0.4) is 0 Å². The zero-order valence-corrected chi connectivity index (χ0v) is 9.91. The first-order valence-electron chi connectivity index (χ1n) is 4.87. The van der Waals surface area contributed by atoms with Crippen molar-refractivity contribution < 1.29 is 28.5 Å². The molecule has 8 heteroatoms. The van der Waals surface area contributed by atoms with Gasteiger partial charge < -0.3 is 18.9 Å². The van der Waals surface area contributed by atoms with Crippen molar-refractivity contribution in [2.24, 2.45) is 0 Å². The Morgan fingerprint density at radius 1 is 1.00 bits per heavy atom. The summed E-state index contributed by atoms with van der Waals surface area (Å²) in [6.45, 7) is -0.548. The van der Waals surface area contributed by atoms with E-state index in [1.54, 1.807) is 0 Å². The van der Waals surface area contributed by atoms with Crippen molar-refractivity contribution in [2.75, 3.05) is 27.4 Å². The van der Waals surface area contributed by atoms with E-state index in [9.17, 15) is 9.59 Å². The summed E-state index contributed by atoms with van der Waals surface area (Å²) in [5, 5.41) is 0. The number of esters is 2. The third kappa shape index (κ3) is 4.64. The molecule has 98 valence electrons. The molecule has 1 rings (SSSR count). The Morgan fingerprint density at radius 2 is 1.44 bits per heavy atom. The average Bonchev–Trinajstić information content (AvgIpc) is 2.42. The van der Waals surface area contributed by atoms with Crippen LogP contribution >= 0.6 is 0 Å². The van der Waals surface area contributed by atoms with Crippen LogP contribution in [0.4, 0.5) is 0 Å². The van der Waals surface area contributed by atoms with E-state index in [0.717, 1.165) is 0 Å². The molecular weight excluding hydrogens is 244 g/mol. The van der Waals surface area contributed by atoms with Crippen LogP contribution < -0.4 is 9.47 Å². The van der Waals surface area contributed by atoms with Crippen molar-refractivity contribution >= 4 is 11.9 Å². The van der Waals surface area contributed by atoms with Gasteiger partial charge in [0.2, 0.25) is 11.8 Å². The van der Waals surface area contributed by atoms with E-state index < -0.39 is 11.9 Å². The highest BCUT2D eigenvalue weighted by molar-refractivity contribution is 5.71. The summed E-state index contributed by atoms with van der Waals surface area (Å²) in [5.41, 5.74) is 0. The normalized spacial score (nSPS) is 9.44. The number of methoxy groups -OCH3 is 2.